The summed E-state index contributed by atoms with van der Waals surface area (Å²) in [7, 11) is 5.33. The van der Waals surface area contributed by atoms with Crippen molar-refractivity contribution >= 4 is 5.91 Å². The fourth-order valence-electron chi connectivity index (χ4n) is 2.11. The first-order chi connectivity index (χ1) is 10.9. The van der Waals surface area contributed by atoms with Crippen LogP contribution >= 0.6 is 0 Å². The molecule has 1 aromatic carbocycles. The number of likely N-dealkylation sites (N-methyl/N-ethyl adjacent to an activating group) is 2. The summed E-state index contributed by atoms with van der Waals surface area (Å²) in [4.78, 5) is 19.5. The lowest BCUT2D eigenvalue weighted by atomic mass is 10.0. The molecule has 0 saturated heterocycles. The zero-order valence-electron chi connectivity index (χ0n) is 14.4. The van der Waals surface area contributed by atoms with Crippen LogP contribution in [0.3, 0.4) is 0 Å². The van der Waals surface area contributed by atoms with Crippen LogP contribution in [-0.2, 0) is 11.3 Å². The molecule has 6 heteroatoms. The largest absolute Gasteiger partial charge is 0.348 e. The van der Waals surface area contributed by atoms with E-state index in [0.29, 0.717) is 30.7 Å². The van der Waals surface area contributed by atoms with E-state index in [4.69, 9.17) is 4.52 Å². The molecule has 0 saturated carbocycles. The van der Waals surface area contributed by atoms with E-state index in [2.05, 4.69) is 36.1 Å². The normalized spacial score (nSPS) is 11.3. The quantitative estimate of drug-likeness (QED) is 0.819. The van der Waals surface area contributed by atoms with Gasteiger partial charge in [-0.25, -0.2) is 0 Å². The molecule has 0 spiro atoms. The maximum atomic E-state index is 11.7. The van der Waals surface area contributed by atoms with E-state index in [1.165, 1.54) is 5.56 Å². The van der Waals surface area contributed by atoms with Gasteiger partial charge in [-0.3, -0.25) is 9.69 Å². The number of nitrogens with zero attached hydrogens (tertiary/aromatic N) is 4. The Hall–Kier alpha value is -2.21. The predicted molar refractivity (Wildman–Crippen MR) is 88.9 cm³/mol. The van der Waals surface area contributed by atoms with Crippen LogP contribution in [0.15, 0.2) is 28.8 Å². The monoisotopic (exact) mass is 316 g/mol. The van der Waals surface area contributed by atoms with Crippen molar-refractivity contribution in [2.75, 3.05) is 27.7 Å². The number of rotatable bonds is 6. The summed E-state index contributed by atoms with van der Waals surface area (Å²) < 4.78 is 5.28. The van der Waals surface area contributed by atoms with Crippen LogP contribution in [0.4, 0.5) is 0 Å². The predicted octanol–water partition coefficient (Wildman–Crippen LogP) is 2.38. The number of carbonyl (C=O) groups is 1. The summed E-state index contributed by atoms with van der Waals surface area (Å²) in [5.41, 5.74) is 2.20. The molecular formula is C17H24N4O2. The lowest BCUT2D eigenvalue weighted by molar-refractivity contribution is -0.129. The van der Waals surface area contributed by atoms with Crippen LogP contribution in [0, 0.1) is 0 Å². The molecule has 0 fully saturated rings. The maximum Gasteiger partial charge on any atom is 0.241 e. The molecule has 0 bridgehead atoms. The van der Waals surface area contributed by atoms with Crippen molar-refractivity contribution in [2.24, 2.45) is 0 Å². The maximum absolute atomic E-state index is 11.7. The second-order valence-electron chi connectivity index (χ2n) is 6.25. The number of amides is 1. The van der Waals surface area contributed by atoms with E-state index in [1.54, 1.807) is 19.0 Å². The standard InChI is InChI=1S/C17H24N4O2/c1-12(2)13-6-8-14(9-7-13)17-18-15(23-19-17)10-21(5)11-16(22)20(3)4/h6-9,12H,10-11H2,1-5H3. The third kappa shape index (κ3) is 4.63. The molecule has 0 aliphatic carbocycles. The highest BCUT2D eigenvalue weighted by Crippen LogP contribution is 2.20. The third-order valence-electron chi connectivity index (χ3n) is 3.61. The average Bonchev–Trinajstić information content (AvgIpc) is 2.95. The van der Waals surface area contributed by atoms with Crippen LogP contribution in [0.5, 0.6) is 0 Å². The zero-order chi connectivity index (χ0) is 17.0. The van der Waals surface area contributed by atoms with Gasteiger partial charge in [-0.1, -0.05) is 43.3 Å². The minimum absolute atomic E-state index is 0.0384. The summed E-state index contributed by atoms with van der Waals surface area (Å²) in [6.45, 7) is 5.07. The molecule has 0 atom stereocenters. The van der Waals surface area contributed by atoms with Crippen molar-refractivity contribution in [2.45, 2.75) is 26.3 Å². The van der Waals surface area contributed by atoms with Gasteiger partial charge >= 0.3 is 0 Å². The molecule has 23 heavy (non-hydrogen) atoms. The van der Waals surface area contributed by atoms with Gasteiger partial charge in [-0.2, -0.15) is 4.98 Å². The van der Waals surface area contributed by atoms with E-state index in [1.807, 2.05) is 24.1 Å². The van der Waals surface area contributed by atoms with E-state index < -0.39 is 0 Å². The van der Waals surface area contributed by atoms with E-state index in [9.17, 15) is 4.79 Å². The molecular weight excluding hydrogens is 292 g/mol. The summed E-state index contributed by atoms with van der Waals surface area (Å²) in [5, 5.41) is 4.02. The van der Waals surface area contributed by atoms with Crippen molar-refractivity contribution in [1.82, 2.24) is 19.9 Å². The summed E-state index contributed by atoms with van der Waals surface area (Å²) >= 11 is 0. The van der Waals surface area contributed by atoms with Gasteiger partial charge in [0.15, 0.2) is 0 Å². The molecule has 0 N–H and O–H groups in total. The van der Waals surface area contributed by atoms with E-state index >= 15 is 0 Å². The van der Waals surface area contributed by atoms with Gasteiger partial charge in [0.1, 0.15) is 0 Å². The molecule has 2 rings (SSSR count). The molecule has 124 valence electrons. The summed E-state index contributed by atoms with van der Waals surface area (Å²) in [5.74, 6) is 1.61. The van der Waals surface area contributed by atoms with Gasteiger partial charge in [-0.05, 0) is 18.5 Å². The highest BCUT2D eigenvalue weighted by atomic mass is 16.5. The first-order valence-corrected chi connectivity index (χ1v) is 7.68. The molecule has 1 heterocycles. The van der Waals surface area contributed by atoms with Gasteiger partial charge in [-0.15, -0.1) is 0 Å². The van der Waals surface area contributed by atoms with Crippen LogP contribution < -0.4 is 0 Å². The summed E-state index contributed by atoms with van der Waals surface area (Å²) in [6.07, 6.45) is 0. The molecule has 0 radical (unpaired) electrons. The average molecular weight is 316 g/mol. The topological polar surface area (TPSA) is 62.5 Å². The minimum Gasteiger partial charge on any atom is -0.348 e. The van der Waals surface area contributed by atoms with Gasteiger partial charge in [0.2, 0.25) is 17.6 Å². The Labute approximate surface area is 137 Å². The number of hydrogen-bond donors (Lipinski definition) is 0. The van der Waals surface area contributed by atoms with Gasteiger partial charge in [0.25, 0.3) is 0 Å². The number of benzene rings is 1. The first kappa shape index (κ1) is 17.1. The van der Waals surface area contributed by atoms with Crippen molar-refractivity contribution in [3.63, 3.8) is 0 Å². The fourth-order valence-corrected chi connectivity index (χ4v) is 2.11. The smallest absolute Gasteiger partial charge is 0.241 e. The Morgan fingerprint density at radius 2 is 1.83 bits per heavy atom. The van der Waals surface area contributed by atoms with Crippen molar-refractivity contribution in [3.8, 4) is 11.4 Å². The highest BCUT2D eigenvalue weighted by Gasteiger charge is 2.14. The van der Waals surface area contributed by atoms with Gasteiger partial charge in [0.05, 0.1) is 13.1 Å². The number of carbonyl (C=O) groups excluding carboxylic acids is 1. The van der Waals surface area contributed by atoms with Crippen LogP contribution in [0.1, 0.15) is 31.2 Å². The molecule has 1 aromatic heterocycles. The molecule has 0 aliphatic heterocycles. The molecule has 0 unspecified atom stereocenters. The zero-order valence-corrected chi connectivity index (χ0v) is 14.4. The van der Waals surface area contributed by atoms with Crippen molar-refractivity contribution in [1.29, 1.82) is 0 Å². The lowest BCUT2D eigenvalue weighted by Gasteiger charge is -2.16. The molecule has 1 amide bonds. The third-order valence-corrected chi connectivity index (χ3v) is 3.61. The Balaban J connectivity index is 2.01. The van der Waals surface area contributed by atoms with Crippen LogP contribution in [-0.4, -0.2) is 53.5 Å². The second kappa shape index (κ2) is 7.37. The Morgan fingerprint density at radius 1 is 1.17 bits per heavy atom. The van der Waals surface area contributed by atoms with Crippen molar-refractivity contribution < 1.29 is 9.32 Å². The highest BCUT2D eigenvalue weighted by molar-refractivity contribution is 5.77. The SMILES string of the molecule is CC(C)c1ccc(-c2noc(CN(C)CC(=O)N(C)C)n2)cc1. The van der Waals surface area contributed by atoms with Crippen molar-refractivity contribution in [3.05, 3.63) is 35.7 Å². The fraction of sp³-hybridized carbons (Fsp3) is 0.471. The second-order valence-corrected chi connectivity index (χ2v) is 6.25. The molecule has 2 aromatic rings. The summed E-state index contributed by atoms with van der Waals surface area (Å²) in [6, 6.07) is 8.17. The lowest BCUT2D eigenvalue weighted by Crippen LogP contribution is -2.34. The molecule has 6 nitrogen and oxygen atoms in total. The van der Waals surface area contributed by atoms with Gasteiger partial charge < -0.3 is 9.42 Å². The van der Waals surface area contributed by atoms with Crippen LogP contribution in [0.25, 0.3) is 11.4 Å². The van der Waals surface area contributed by atoms with E-state index in [-0.39, 0.29) is 5.91 Å². The number of aromatic nitrogens is 2. The van der Waals surface area contributed by atoms with Gasteiger partial charge in [0, 0.05) is 19.7 Å². The Morgan fingerprint density at radius 3 is 2.39 bits per heavy atom. The van der Waals surface area contributed by atoms with E-state index in [0.717, 1.165) is 5.56 Å². The Bertz CT molecular complexity index is 647. The first-order valence-electron chi connectivity index (χ1n) is 7.68. The minimum atomic E-state index is 0.0384. The van der Waals surface area contributed by atoms with Crippen LogP contribution in [0.2, 0.25) is 0 Å². The Kier molecular flexibility index (Phi) is 5.50. The number of hydrogen-bond acceptors (Lipinski definition) is 5. The molecule has 0 aliphatic rings.